The molecule has 0 heterocycles. The molecule has 0 rings (SSSR count). The first-order valence-corrected chi connectivity index (χ1v) is 5.44. The summed E-state index contributed by atoms with van der Waals surface area (Å²) in [6, 6.07) is 0. The van der Waals surface area contributed by atoms with Gasteiger partial charge in [0.05, 0.1) is 0 Å². The molecule has 0 radical (unpaired) electrons. The minimum absolute atomic E-state index is 0.348. The van der Waals surface area contributed by atoms with Crippen LogP contribution in [0.4, 0.5) is 0 Å². The van der Waals surface area contributed by atoms with E-state index in [-0.39, 0.29) is 5.78 Å². The van der Waals surface area contributed by atoms with Crippen molar-refractivity contribution in [2.24, 2.45) is 0 Å². The molecular weight excluding hydrogens is 260 g/mol. The number of hydrogen-bond acceptors (Lipinski definition) is 8. The minimum Gasteiger partial charge on any atom is -0.455 e. The van der Waals surface area contributed by atoms with Gasteiger partial charge in [0.25, 0.3) is 0 Å². The second-order valence-electron chi connectivity index (χ2n) is 3.73. The molecule has 0 spiro atoms. The number of esters is 3. The molecule has 0 aromatic heterocycles. The molecule has 0 fully saturated rings. The van der Waals surface area contributed by atoms with Crippen LogP contribution in [0.1, 0.15) is 20.8 Å². The molecule has 1 N–H and O–H groups in total. The molecule has 2 unspecified atom stereocenters. The topological polar surface area (TPSA) is 116 Å². The van der Waals surface area contributed by atoms with Gasteiger partial charge in [-0.3, -0.25) is 4.79 Å². The zero-order valence-corrected chi connectivity index (χ0v) is 10.9. The van der Waals surface area contributed by atoms with E-state index in [2.05, 4.69) is 14.2 Å². The van der Waals surface area contributed by atoms with E-state index in [0.717, 1.165) is 0 Å². The van der Waals surface area contributed by atoms with Crippen molar-refractivity contribution in [3.05, 3.63) is 0 Å². The molecule has 0 amide bonds. The Balaban J connectivity index is 4.00. The highest BCUT2D eigenvalue weighted by atomic mass is 16.6. The van der Waals surface area contributed by atoms with Crippen molar-refractivity contribution in [2.45, 2.75) is 33.0 Å². The quantitative estimate of drug-likeness (QED) is 0.463. The summed E-state index contributed by atoms with van der Waals surface area (Å²) in [7, 11) is 0. The number of rotatable bonds is 7. The van der Waals surface area contributed by atoms with Crippen LogP contribution in [0.2, 0.25) is 0 Å². The third kappa shape index (κ3) is 7.87. The average Bonchev–Trinajstić information content (AvgIpc) is 2.32. The standard InChI is InChI=1S/C11H16O8/c1-6(12)4-17-9(14)5-18-11(16)8(3)19-10(15)7(2)13/h7-8,13H,4-5H2,1-3H3. The number of ether oxygens (including phenoxy) is 3. The van der Waals surface area contributed by atoms with Gasteiger partial charge in [-0.2, -0.15) is 0 Å². The van der Waals surface area contributed by atoms with E-state index in [1.54, 1.807) is 0 Å². The fraction of sp³-hybridized carbons (Fsp3) is 0.636. The van der Waals surface area contributed by atoms with Crippen LogP contribution in [0.3, 0.4) is 0 Å². The molecule has 0 aromatic rings. The van der Waals surface area contributed by atoms with Gasteiger partial charge in [0.15, 0.2) is 18.5 Å². The van der Waals surface area contributed by atoms with Gasteiger partial charge >= 0.3 is 17.9 Å². The Kier molecular flexibility index (Phi) is 7.35. The van der Waals surface area contributed by atoms with E-state index < -0.39 is 43.3 Å². The molecule has 0 aromatic carbocycles. The Morgan fingerprint density at radius 2 is 1.58 bits per heavy atom. The van der Waals surface area contributed by atoms with Crippen LogP contribution in [0.5, 0.6) is 0 Å². The maximum atomic E-state index is 11.3. The number of aliphatic hydroxyl groups is 1. The predicted molar refractivity (Wildman–Crippen MR) is 59.8 cm³/mol. The van der Waals surface area contributed by atoms with Crippen molar-refractivity contribution >= 4 is 23.7 Å². The molecule has 0 aliphatic carbocycles. The Labute approximate surface area is 109 Å². The zero-order valence-electron chi connectivity index (χ0n) is 10.9. The maximum absolute atomic E-state index is 11.3. The highest BCUT2D eigenvalue weighted by Crippen LogP contribution is 1.98. The minimum atomic E-state index is -1.37. The molecule has 19 heavy (non-hydrogen) atoms. The van der Waals surface area contributed by atoms with E-state index in [9.17, 15) is 19.2 Å². The molecule has 0 bridgehead atoms. The summed E-state index contributed by atoms with van der Waals surface area (Å²) in [5.74, 6) is -3.19. The molecule has 108 valence electrons. The van der Waals surface area contributed by atoms with E-state index >= 15 is 0 Å². The Hall–Kier alpha value is -1.96. The maximum Gasteiger partial charge on any atom is 0.347 e. The lowest BCUT2D eigenvalue weighted by Crippen LogP contribution is -2.32. The van der Waals surface area contributed by atoms with Gasteiger partial charge in [-0.15, -0.1) is 0 Å². The van der Waals surface area contributed by atoms with E-state index in [1.165, 1.54) is 20.8 Å². The first-order chi connectivity index (χ1) is 8.73. The van der Waals surface area contributed by atoms with Crippen LogP contribution in [-0.2, 0) is 33.4 Å². The largest absolute Gasteiger partial charge is 0.455 e. The molecule has 0 aliphatic rings. The zero-order chi connectivity index (χ0) is 15.0. The summed E-state index contributed by atoms with van der Waals surface area (Å²) >= 11 is 0. The molecule has 0 saturated heterocycles. The number of carbonyl (C=O) groups excluding carboxylic acids is 4. The van der Waals surface area contributed by atoms with Crippen LogP contribution >= 0.6 is 0 Å². The van der Waals surface area contributed by atoms with Gasteiger partial charge in [-0.05, 0) is 20.8 Å². The lowest BCUT2D eigenvalue weighted by molar-refractivity contribution is -0.174. The molecular formula is C11H16O8. The fourth-order valence-electron chi connectivity index (χ4n) is 0.792. The van der Waals surface area contributed by atoms with Gasteiger partial charge < -0.3 is 19.3 Å². The lowest BCUT2D eigenvalue weighted by Gasteiger charge is -2.13. The molecule has 8 nitrogen and oxygen atoms in total. The van der Waals surface area contributed by atoms with Crippen molar-refractivity contribution in [2.75, 3.05) is 13.2 Å². The molecule has 2 atom stereocenters. The summed E-state index contributed by atoms with van der Waals surface area (Å²) in [5, 5.41) is 8.86. The highest BCUT2D eigenvalue weighted by Gasteiger charge is 2.22. The van der Waals surface area contributed by atoms with E-state index in [1.807, 2.05) is 0 Å². The second-order valence-corrected chi connectivity index (χ2v) is 3.73. The fourth-order valence-corrected chi connectivity index (χ4v) is 0.792. The Bertz CT molecular complexity index is 360. The van der Waals surface area contributed by atoms with Crippen molar-refractivity contribution < 1.29 is 38.5 Å². The van der Waals surface area contributed by atoms with Gasteiger partial charge in [0.1, 0.15) is 12.7 Å². The number of ketones is 1. The summed E-state index contributed by atoms with van der Waals surface area (Å²) in [6.07, 6.45) is -2.63. The van der Waals surface area contributed by atoms with Gasteiger partial charge in [-0.25, -0.2) is 14.4 Å². The molecule has 0 saturated carbocycles. The molecule has 8 heteroatoms. The number of carbonyl (C=O) groups is 4. The van der Waals surface area contributed by atoms with Crippen LogP contribution in [0.15, 0.2) is 0 Å². The Morgan fingerprint density at radius 1 is 1.00 bits per heavy atom. The summed E-state index contributed by atoms with van der Waals surface area (Å²) in [5.41, 5.74) is 0. The number of aliphatic hydroxyl groups excluding tert-OH is 1. The summed E-state index contributed by atoms with van der Waals surface area (Å²) in [4.78, 5) is 43.8. The van der Waals surface area contributed by atoms with Crippen molar-refractivity contribution in [3.8, 4) is 0 Å². The predicted octanol–water partition coefficient (Wildman–Crippen LogP) is -1.03. The monoisotopic (exact) mass is 276 g/mol. The van der Waals surface area contributed by atoms with Crippen LogP contribution in [0, 0.1) is 0 Å². The van der Waals surface area contributed by atoms with Crippen molar-refractivity contribution in [3.63, 3.8) is 0 Å². The normalized spacial score (nSPS) is 13.1. The van der Waals surface area contributed by atoms with Crippen LogP contribution in [0.25, 0.3) is 0 Å². The van der Waals surface area contributed by atoms with Crippen molar-refractivity contribution in [1.82, 2.24) is 0 Å². The van der Waals surface area contributed by atoms with Crippen LogP contribution < -0.4 is 0 Å². The lowest BCUT2D eigenvalue weighted by atomic mass is 10.4. The second kappa shape index (κ2) is 8.20. The van der Waals surface area contributed by atoms with Crippen molar-refractivity contribution in [1.29, 1.82) is 0 Å². The summed E-state index contributed by atoms with van der Waals surface area (Å²) in [6.45, 7) is 2.55. The first-order valence-electron chi connectivity index (χ1n) is 5.44. The highest BCUT2D eigenvalue weighted by molar-refractivity contribution is 5.83. The van der Waals surface area contributed by atoms with Gasteiger partial charge in [0.2, 0.25) is 0 Å². The third-order valence-electron chi connectivity index (χ3n) is 1.73. The molecule has 0 aliphatic heterocycles. The van der Waals surface area contributed by atoms with E-state index in [4.69, 9.17) is 5.11 Å². The first kappa shape index (κ1) is 17.0. The Morgan fingerprint density at radius 3 is 2.05 bits per heavy atom. The van der Waals surface area contributed by atoms with Gasteiger partial charge in [0, 0.05) is 0 Å². The number of Topliss-reactive ketones (excluding diaryl/α,β-unsaturated/α-hetero) is 1. The SMILES string of the molecule is CC(=O)COC(=O)COC(=O)C(C)OC(=O)C(C)O. The third-order valence-corrected chi connectivity index (χ3v) is 1.73. The average molecular weight is 276 g/mol. The van der Waals surface area contributed by atoms with E-state index in [0.29, 0.717) is 0 Å². The van der Waals surface area contributed by atoms with Gasteiger partial charge in [-0.1, -0.05) is 0 Å². The summed E-state index contributed by atoms with van der Waals surface area (Å²) < 4.78 is 13.5. The smallest absolute Gasteiger partial charge is 0.347 e. The van der Waals surface area contributed by atoms with Crippen LogP contribution in [-0.4, -0.2) is 54.2 Å². The number of hydrogen-bond donors (Lipinski definition) is 1.